The third kappa shape index (κ3) is 4.02. The van der Waals surface area contributed by atoms with Crippen molar-refractivity contribution < 1.29 is 12.8 Å². The first-order chi connectivity index (χ1) is 9.30. The predicted octanol–water partition coefficient (Wildman–Crippen LogP) is 3.61. The van der Waals surface area contributed by atoms with Crippen LogP contribution >= 0.6 is 15.9 Å². The number of nitrogens with one attached hydrogen (secondary N) is 1. The summed E-state index contributed by atoms with van der Waals surface area (Å²) < 4.78 is 40.5. The molecule has 1 aromatic carbocycles. The number of halogens is 2. The van der Waals surface area contributed by atoms with Crippen LogP contribution in [0.5, 0.6) is 0 Å². The highest BCUT2D eigenvalue weighted by Crippen LogP contribution is 2.28. The maximum absolute atomic E-state index is 13.3. The van der Waals surface area contributed by atoms with Gasteiger partial charge in [0.15, 0.2) is 0 Å². The standard InChI is InChI=1S/C14H21BrFNO2S/c1-4-14(5-2,9-15)10-17-20(18,19)13-8-12(16)7-6-11(13)3/h6-8,17H,4-5,9-10H2,1-3H3. The molecular formula is C14H21BrFNO2S. The Balaban J connectivity index is 2.98. The molecular weight excluding hydrogens is 345 g/mol. The van der Waals surface area contributed by atoms with E-state index >= 15 is 0 Å². The first-order valence-electron chi connectivity index (χ1n) is 6.62. The van der Waals surface area contributed by atoms with Crippen molar-refractivity contribution in [3.05, 3.63) is 29.6 Å². The van der Waals surface area contributed by atoms with Crippen molar-refractivity contribution in [1.82, 2.24) is 4.72 Å². The molecule has 0 saturated carbocycles. The lowest BCUT2D eigenvalue weighted by atomic mass is 9.85. The average molecular weight is 366 g/mol. The molecule has 0 aliphatic carbocycles. The largest absolute Gasteiger partial charge is 0.240 e. The molecule has 0 unspecified atom stereocenters. The second kappa shape index (κ2) is 7.00. The summed E-state index contributed by atoms with van der Waals surface area (Å²) in [6.45, 7) is 6.06. The number of hydrogen-bond acceptors (Lipinski definition) is 2. The van der Waals surface area contributed by atoms with Crippen LogP contribution in [0, 0.1) is 18.2 Å². The van der Waals surface area contributed by atoms with Gasteiger partial charge in [-0.2, -0.15) is 0 Å². The van der Waals surface area contributed by atoms with E-state index in [2.05, 4.69) is 20.7 Å². The third-order valence-corrected chi connectivity index (χ3v) is 6.59. The molecule has 114 valence electrons. The van der Waals surface area contributed by atoms with Gasteiger partial charge in [0.2, 0.25) is 10.0 Å². The van der Waals surface area contributed by atoms with Crippen molar-refractivity contribution in [2.75, 3.05) is 11.9 Å². The molecule has 1 N–H and O–H groups in total. The van der Waals surface area contributed by atoms with E-state index in [-0.39, 0.29) is 10.3 Å². The van der Waals surface area contributed by atoms with Crippen molar-refractivity contribution in [2.45, 2.75) is 38.5 Å². The van der Waals surface area contributed by atoms with Gasteiger partial charge in [-0.05, 0) is 42.9 Å². The van der Waals surface area contributed by atoms with Crippen molar-refractivity contribution in [3.63, 3.8) is 0 Å². The van der Waals surface area contributed by atoms with Crippen molar-refractivity contribution in [3.8, 4) is 0 Å². The average Bonchev–Trinajstić information content (AvgIpc) is 2.43. The van der Waals surface area contributed by atoms with Crippen LogP contribution in [0.2, 0.25) is 0 Å². The molecule has 0 radical (unpaired) electrons. The van der Waals surface area contributed by atoms with Gasteiger partial charge in [0.1, 0.15) is 5.82 Å². The van der Waals surface area contributed by atoms with Gasteiger partial charge in [0, 0.05) is 11.9 Å². The Morgan fingerprint density at radius 1 is 1.30 bits per heavy atom. The van der Waals surface area contributed by atoms with Gasteiger partial charge < -0.3 is 0 Å². The van der Waals surface area contributed by atoms with Crippen LogP contribution in [0.15, 0.2) is 23.1 Å². The number of sulfonamides is 1. The molecule has 1 rings (SSSR count). The minimum absolute atomic E-state index is 0.00757. The first-order valence-corrected chi connectivity index (χ1v) is 9.22. The molecule has 0 atom stereocenters. The quantitative estimate of drug-likeness (QED) is 0.750. The summed E-state index contributed by atoms with van der Waals surface area (Å²) >= 11 is 3.45. The zero-order valence-corrected chi connectivity index (χ0v) is 14.4. The van der Waals surface area contributed by atoms with Crippen molar-refractivity contribution in [1.29, 1.82) is 0 Å². The second-order valence-electron chi connectivity index (χ2n) is 5.08. The fourth-order valence-corrected chi connectivity index (χ4v) is 4.33. The Labute approximate surface area is 129 Å². The maximum Gasteiger partial charge on any atom is 0.240 e. The molecule has 1 aromatic rings. The van der Waals surface area contributed by atoms with Crippen LogP contribution in [-0.2, 0) is 10.0 Å². The first kappa shape index (κ1) is 17.6. The van der Waals surface area contributed by atoms with E-state index in [4.69, 9.17) is 0 Å². The Bertz CT molecular complexity index is 548. The molecule has 3 nitrogen and oxygen atoms in total. The summed E-state index contributed by atoms with van der Waals surface area (Å²) in [4.78, 5) is 0.00757. The SMILES string of the molecule is CCC(CC)(CBr)CNS(=O)(=O)c1cc(F)ccc1C. The summed E-state index contributed by atoms with van der Waals surface area (Å²) in [6.07, 6.45) is 1.72. The summed E-state index contributed by atoms with van der Waals surface area (Å²) in [5.74, 6) is -0.547. The van der Waals surface area contributed by atoms with Crippen LogP contribution in [0.1, 0.15) is 32.3 Å². The van der Waals surface area contributed by atoms with Crippen LogP contribution in [0.3, 0.4) is 0 Å². The Morgan fingerprint density at radius 3 is 2.40 bits per heavy atom. The molecule has 0 heterocycles. The molecule has 0 amide bonds. The summed E-state index contributed by atoms with van der Waals surface area (Å²) in [5, 5.41) is 0.720. The number of rotatable bonds is 7. The number of benzene rings is 1. The molecule has 0 aromatic heterocycles. The normalized spacial score (nSPS) is 12.7. The van der Waals surface area contributed by atoms with Gasteiger partial charge in [-0.1, -0.05) is 35.8 Å². The van der Waals surface area contributed by atoms with E-state index in [1.807, 2.05) is 13.8 Å². The highest BCUT2D eigenvalue weighted by atomic mass is 79.9. The van der Waals surface area contributed by atoms with Gasteiger partial charge in [0.25, 0.3) is 0 Å². The zero-order valence-electron chi connectivity index (χ0n) is 12.0. The van der Waals surface area contributed by atoms with Crippen molar-refractivity contribution >= 4 is 26.0 Å². The van der Waals surface area contributed by atoms with Gasteiger partial charge in [-0.3, -0.25) is 0 Å². The summed E-state index contributed by atoms with van der Waals surface area (Å²) in [6, 6.07) is 3.79. The molecule has 0 spiro atoms. The smallest absolute Gasteiger partial charge is 0.211 e. The van der Waals surface area contributed by atoms with Gasteiger partial charge in [-0.15, -0.1) is 0 Å². The Morgan fingerprint density at radius 2 is 1.90 bits per heavy atom. The van der Waals surface area contributed by atoms with Crippen LogP contribution in [0.4, 0.5) is 4.39 Å². The van der Waals surface area contributed by atoms with E-state index in [0.29, 0.717) is 12.1 Å². The van der Waals surface area contributed by atoms with Crippen molar-refractivity contribution in [2.24, 2.45) is 5.41 Å². The summed E-state index contributed by atoms with van der Waals surface area (Å²) in [5.41, 5.74) is 0.422. The lowest BCUT2D eigenvalue weighted by molar-refractivity contribution is 0.309. The van der Waals surface area contributed by atoms with E-state index in [0.717, 1.165) is 24.2 Å². The zero-order chi connectivity index (χ0) is 15.4. The van der Waals surface area contributed by atoms with Gasteiger partial charge >= 0.3 is 0 Å². The Hall–Kier alpha value is -0.460. The number of hydrogen-bond donors (Lipinski definition) is 1. The predicted molar refractivity (Wildman–Crippen MR) is 83.1 cm³/mol. The molecule has 0 aliphatic heterocycles. The van der Waals surface area contributed by atoms with Gasteiger partial charge in [0.05, 0.1) is 4.90 Å². The van der Waals surface area contributed by atoms with E-state index in [1.165, 1.54) is 12.1 Å². The summed E-state index contributed by atoms with van der Waals surface area (Å²) in [7, 11) is -3.69. The van der Waals surface area contributed by atoms with E-state index in [9.17, 15) is 12.8 Å². The molecule has 20 heavy (non-hydrogen) atoms. The number of aryl methyl sites for hydroxylation is 1. The second-order valence-corrected chi connectivity index (χ2v) is 7.37. The fourth-order valence-electron chi connectivity index (χ4n) is 1.93. The van der Waals surface area contributed by atoms with Crippen LogP contribution < -0.4 is 4.72 Å². The molecule has 0 saturated heterocycles. The highest BCUT2D eigenvalue weighted by Gasteiger charge is 2.28. The fraction of sp³-hybridized carbons (Fsp3) is 0.571. The topological polar surface area (TPSA) is 46.2 Å². The lowest BCUT2D eigenvalue weighted by Gasteiger charge is -2.29. The highest BCUT2D eigenvalue weighted by molar-refractivity contribution is 9.09. The minimum atomic E-state index is -3.69. The van der Waals surface area contributed by atoms with Crippen LogP contribution in [0.25, 0.3) is 0 Å². The monoisotopic (exact) mass is 365 g/mol. The third-order valence-electron chi connectivity index (χ3n) is 3.86. The maximum atomic E-state index is 13.3. The lowest BCUT2D eigenvalue weighted by Crippen LogP contribution is -2.38. The molecule has 6 heteroatoms. The van der Waals surface area contributed by atoms with E-state index < -0.39 is 15.8 Å². The molecule has 0 fully saturated rings. The number of alkyl halides is 1. The Kier molecular flexibility index (Phi) is 6.16. The molecule has 0 aliphatic rings. The van der Waals surface area contributed by atoms with Gasteiger partial charge in [-0.25, -0.2) is 17.5 Å². The van der Waals surface area contributed by atoms with E-state index in [1.54, 1.807) is 6.92 Å². The minimum Gasteiger partial charge on any atom is -0.211 e. The molecule has 0 bridgehead atoms. The van der Waals surface area contributed by atoms with Crippen LogP contribution in [-0.4, -0.2) is 20.3 Å².